The standard InChI is InChI=1S/C13H27N3O3S/c1-2-7-16(12-13-3-5-14-6-4-13)20(17,18)15-8-10-19-11-9-15/h13-14H,2-12H2,1H3. The third kappa shape index (κ3) is 4.14. The van der Waals surface area contributed by atoms with Gasteiger partial charge in [-0.25, -0.2) is 0 Å². The van der Waals surface area contributed by atoms with Crippen LogP contribution in [0.5, 0.6) is 0 Å². The number of rotatable bonds is 6. The highest BCUT2D eigenvalue weighted by atomic mass is 32.2. The van der Waals surface area contributed by atoms with Gasteiger partial charge >= 0.3 is 0 Å². The van der Waals surface area contributed by atoms with Gasteiger partial charge in [0.2, 0.25) is 0 Å². The van der Waals surface area contributed by atoms with Crippen molar-refractivity contribution in [1.29, 1.82) is 0 Å². The monoisotopic (exact) mass is 305 g/mol. The summed E-state index contributed by atoms with van der Waals surface area (Å²) in [6, 6.07) is 0. The van der Waals surface area contributed by atoms with Crippen LogP contribution < -0.4 is 5.32 Å². The highest BCUT2D eigenvalue weighted by Gasteiger charge is 2.32. The van der Waals surface area contributed by atoms with E-state index in [1.165, 1.54) is 0 Å². The van der Waals surface area contributed by atoms with Crippen molar-refractivity contribution in [3.05, 3.63) is 0 Å². The Morgan fingerprint density at radius 2 is 1.90 bits per heavy atom. The predicted octanol–water partition coefficient (Wildman–Crippen LogP) is 0.275. The maximum Gasteiger partial charge on any atom is 0.282 e. The van der Waals surface area contributed by atoms with Crippen LogP contribution in [0.2, 0.25) is 0 Å². The van der Waals surface area contributed by atoms with Crippen molar-refractivity contribution in [2.24, 2.45) is 5.92 Å². The Morgan fingerprint density at radius 3 is 2.50 bits per heavy atom. The fourth-order valence-electron chi connectivity index (χ4n) is 2.84. The summed E-state index contributed by atoms with van der Waals surface area (Å²) in [5, 5.41) is 3.33. The third-order valence-corrected chi connectivity index (χ3v) is 6.02. The average molecular weight is 305 g/mol. The number of nitrogens with one attached hydrogen (secondary N) is 1. The van der Waals surface area contributed by atoms with E-state index in [1.807, 2.05) is 6.92 Å². The van der Waals surface area contributed by atoms with E-state index in [-0.39, 0.29) is 0 Å². The Kier molecular flexibility index (Phi) is 6.22. The van der Waals surface area contributed by atoms with Crippen LogP contribution in [-0.4, -0.2) is 69.5 Å². The molecule has 6 nitrogen and oxygen atoms in total. The third-order valence-electron chi connectivity index (χ3n) is 4.02. The fraction of sp³-hybridized carbons (Fsp3) is 1.00. The minimum atomic E-state index is -3.32. The molecule has 0 spiro atoms. The maximum atomic E-state index is 12.7. The molecular weight excluding hydrogens is 278 g/mol. The van der Waals surface area contributed by atoms with Crippen molar-refractivity contribution in [3.8, 4) is 0 Å². The highest BCUT2D eigenvalue weighted by Crippen LogP contribution is 2.18. The average Bonchev–Trinajstić information content (AvgIpc) is 2.49. The molecule has 2 saturated heterocycles. The van der Waals surface area contributed by atoms with E-state index < -0.39 is 10.2 Å². The number of hydrogen-bond donors (Lipinski definition) is 1. The van der Waals surface area contributed by atoms with E-state index in [1.54, 1.807) is 8.61 Å². The summed E-state index contributed by atoms with van der Waals surface area (Å²) in [5.74, 6) is 0.485. The maximum absolute atomic E-state index is 12.7. The minimum Gasteiger partial charge on any atom is -0.379 e. The van der Waals surface area contributed by atoms with Gasteiger partial charge in [-0.3, -0.25) is 0 Å². The van der Waals surface area contributed by atoms with Crippen LogP contribution in [0.25, 0.3) is 0 Å². The zero-order chi connectivity index (χ0) is 14.4. The molecule has 2 fully saturated rings. The van der Waals surface area contributed by atoms with Gasteiger partial charge < -0.3 is 10.1 Å². The molecule has 0 aromatic rings. The van der Waals surface area contributed by atoms with Gasteiger partial charge in [0.05, 0.1) is 13.2 Å². The Hall–Kier alpha value is -0.210. The Labute approximate surface area is 122 Å². The van der Waals surface area contributed by atoms with Gasteiger partial charge in [-0.05, 0) is 38.3 Å². The molecule has 0 unspecified atom stereocenters. The molecule has 0 aromatic carbocycles. The first-order valence-electron chi connectivity index (χ1n) is 7.68. The van der Waals surface area contributed by atoms with E-state index in [0.717, 1.165) is 32.4 Å². The number of morpholine rings is 1. The molecule has 0 bridgehead atoms. The Bertz CT molecular complexity index is 376. The molecule has 20 heavy (non-hydrogen) atoms. The zero-order valence-electron chi connectivity index (χ0n) is 12.4. The molecule has 0 saturated carbocycles. The number of piperidine rings is 1. The van der Waals surface area contributed by atoms with Crippen LogP contribution >= 0.6 is 0 Å². The Morgan fingerprint density at radius 1 is 1.25 bits per heavy atom. The quantitative estimate of drug-likeness (QED) is 0.765. The molecule has 0 aromatic heterocycles. The molecule has 0 radical (unpaired) electrons. The molecule has 2 heterocycles. The van der Waals surface area contributed by atoms with Crippen LogP contribution in [-0.2, 0) is 14.9 Å². The summed E-state index contributed by atoms with van der Waals surface area (Å²) >= 11 is 0. The first-order valence-corrected chi connectivity index (χ1v) is 9.08. The van der Waals surface area contributed by atoms with E-state index >= 15 is 0 Å². The lowest BCUT2D eigenvalue weighted by molar-refractivity contribution is 0.0696. The molecule has 2 aliphatic heterocycles. The van der Waals surface area contributed by atoms with Gasteiger partial charge in [0.25, 0.3) is 10.2 Å². The van der Waals surface area contributed by atoms with Crippen molar-refractivity contribution in [3.63, 3.8) is 0 Å². The first-order chi connectivity index (χ1) is 9.64. The smallest absolute Gasteiger partial charge is 0.282 e. The summed E-state index contributed by atoms with van der Waals surface area (Å²) in [6.45, 7) is 7.29. The van der Waals surface area contributed by atoms with Crippen LogP contribution in [0.15, 0.2) is 0 Å². The largest absolute Gasteiger partial charge is 0.379 e. The highest BCUT2D eigenvalue weighted by molar-refractivity contribution is 7.86. The second-order valence-electron chi connectivity index (χ2n) is 5.57. The van der Waals surface area contributed by atoms with Crippen molar-refractivity contribution in [2.75, 3.05) is 52.5 Å². The molecule has 1 N–H and O–H groups in total. The van der Waals surface area contributed by atoms with Crippen molar-refractivity contribution in [2.45, 2.75) is 26.2 Å². The lowest BCUT2D eigenvalue weighted by Crippen LogP contribution is -2.50. The molecule has 0 amide bonds. The van der Waals surface area contributed by atoms with Crippen molar-refractivity contribution < 1.29 is 13.2 Å². The molecule has 0 atom stereocenters. The minimum absolute atomic E-state index is 0.481. The summed E-state index contributed by atoms with van der Waals surface area (Å²) in [6.07, 6.45) is 2.99. The fourth-order valence-corrected chi connectivity index (χ4v) is 4.59. The lowest BCUT2D eigenvalue weighted by atomic mass is 9.98. The zero-order valence-corrected chi connectivity index (χ0v) is 13.2. The van der Waals surface area contributed by atoms with Crippen LogP contribution in [0, 0.1) is 5.92 Å². The summed E-state index contributed by atoms with van der Waals surface area (Å²) < 4.78 is 34.0. The summed E-state index contributed by atoms with van der Waals surface area (Å²) in [5.41, 5.74) is 0. The normalized spacial score (nSPS) is 23.3. The number of nitrogens with zero attached hydrogens (tertiary/aromatic N) is 2. The van der Waals surface area contributed by atoms with Crippen molar-refractivity contribution in [1.82, 2.24) is 13.9 Å². The van der Waals surface area contributed by atoms with Crippen molar-refractivity contribution >= 4 is 10.2 Å². The molecule has 0 aliphatic carbocycles. The second kappa shape index (κ2) is 7.70. The second-order valence-corrected chi connectivity index (χ2v) is 7.50. The summed E-state index contributed by atoms with van der Waals surface area (Å²) in [7, 11) is -3.32. The molecule has 7 heteroatoms. The van der Waals surface area contributed by atoms with Crippen LogP contribution in [0.4, 0.5) is 0 Å². The number of ether oxygens (including phenoxy) is 1. The van der Waals surface area contributed by atoms with Gasteiger partial charge in [0.15, 0.2) is 0 Å². The van der Waals surface area contributed by atoms with Gasteiger partial charge in [-0.1, -0.05) is 6.92 Å². The van der Waals surface area contributed by atoms with E-state index in [0.29, 0.717) is 45.3 Å². The predicted molar refractivity (Wildman–Crippen MR) is 78.8 cm³/mol. The Balaban J connectivity index is 2.01. The van der Waals surface area contributed by atoms with E-state index in [9.17, 15) is 8.42 Å². The number of hydrogen-bond acceptors (Lipinski definition) is 4. The van der Waals surface area contributed by atoms with E-state index in [2.05, 4.69) is 5.32 Å². The molecule has 118 valence electrons. The van der Waals surface area contributed by atoms with Gasteiger partial charge in [-0.15, -0.1) is 0 Å². The topological polar surface area (TPSA) is 61.9 Å². The van der Waals surface area contributed by atoms with E-state index in [4.69, 9.17) is 4.74 Å². The first kappa shape index (κ1) is 16.2. The van der Waals surface area contributed by atoms with Crippen LogP contribution in [0.1, 0.15) is 26.2 Å². The van der Waals surface area contributed by atoms with Gasteiger partial charge in [0.1, 0.15) is 0 Å². The lowest BCUT2D eigenvalue weighted by Gasteiger charge is -2.34. The molecule has 2 aliphatic rings. The summed E-state index contributed by atoms with van der Waals surface area (Å²) in [4.78, 5) is 0. The SMILES string of the molecule is CCCN(CC1CCNCC1)S(=O)(=O)N1CCOCC1. The molecular formula is C13H27N3O3S. The molecule has 2 rings (SSSR count). The van der Waals surface area contributed by atoms with Gasteiger partial charge in [0, 0.05) is 26.2 Å². The van der Waals surface area contributed by atoms with Gasteiger partial charge in [-0.2, -0.15) is 17.0 Å². The van der Waals surface area contributed by atoms with Crippen LogP contribution in [0.3, 0.4) is 0 Å².